The van der Waals surface area contributed by atoms with Crippen molar-refractivity contribution in [3.05, 3.63) is 77.9 Å². The number of nitrogens with zero attached hydrogens (tertiary/aromatic N) is 5. The van der Waals surface area contributed by atoms with E-state index in [0.717, 1.165) is 42.3 Å². The highest BCUT2D eigenvalue weighted by atomic mass is 16.5. The summed E-state index contributed by atoms with van der Waals surface area (Å²) in [6.07, 6.45) is 0. The number of benzene rings is 2. The van der Waals surface area contributed by atoms with E-state index in [9.17, 15) is 0 Å². The molecule has 1 aliphatic heterocycles. The highest BCUT2D eigenvalue weighted by molar-refractivity contribution is 5.63. The molecule has 1 fully saturated rings. The lowest BCUT2D eigenvalue weighted by molar-refractivity contribution is 0.0558. The van der Waals surface area contributed by atoms with Crippen molar-refractivity contribution in [1.82, 2.24) is 19.5 Å². The Bertz CT molecular complexity index is 1230. The van der Waals surface area contributed by atoms with E-state index in [1.807, 2.05) is 30.3 Å². The molecular formula is C24H22N6O. The van der Waals surface area contributed by atoms with Crippen LogP contribution in [0.3, 0.4) is 0 Å². The van der Waals surface area contributed by atoms with E-state index in [0.29, 0.717) is 18.1 Å². The Balaban J connectivity index is 1.14. The number of nitriles is 1. The number of hydrogen-bond donors (Lipinski definition) is 1. The van der Waals surface area contributed by atoms with Crippen LogP contribution in [0.15, 0.2) is 66.7 Å². The highest BCUT2D eigenvalue weighted by Crippen LogP contribution is 2.24. The van der Waals surface area contributed by atoms with Crippen molar-refractivity contribution in [2.45, 2.75) is 6.54 Å². The first kappa shape index (κ1) is 19.1. The summed E-state index contributed by atoms with van der Waals surface area (Å²) >= 11 is 0. The molecule has 7 nitrogen and oxygen atoms in total. The van der Waals surface area contributed by atoms with Gasteiger partial charge >= 0.3 is 0 Å². The van der Waals surface area contributed by atoms with Crippen LogP contribution in [0.5, 0.6) is 5.75 Å². The Morgan fingerprint density at radius 2 is 1.81 bits per heavy atom. The smallest absolute Gasteiger partial charge is 0.240 e. The largest absolute Gasteiger partial charge is 0.493 e. The summed E-state index contributed by atoms with van der Waals surface area (Å²) in [5.74, 6) is 1.63. The van der Waals surface area contributed by atoms with Crippen molar-refractivity contribution < 1.29 is 4.74 Å². The van der Waals surface area contributed by atoms with Crippen LogP contribution >= 0.6 is 0 Å². The SMILES string of the molecule is N#Cc1ccc(OCC2CN(Cc3ccc(-c4cccc5nc(N)nn45)cc3)C2)cc1. The number of rotatable bonds is 6. The summed E-state index contributed by atoms with van der Waals surface area (Å²) < 4.78 is 7.63. The fourth-order valence-electron chi connectivity index (χ4n) is 3.93. The van der Waals surface area contributed by atoms with Gasteiger partial charge in [-0.15, -0.1) is 5.10 Å². The molecule has 0 amide bonds. The number of nitrogen functional groups attached to an aromatic ring is 1. The van der Waals surface area contributed by atoms with E-state index in [2.05, 4.69) is 45.3 Å². The molecule has 1 saturated heterocycles. The van der Waals surface area contributed by atoms with Crippen LogP contribution in [0.4, 0.5) is 5.95 Å². The molecule has 0 atom stereocenters. The highest BCUT2D eigenvalue weighted by Gasteiger charge is 2.27. The molecule has 2 N–H and O–H groups in total. The molecule has 0 aliphatic carbocycles. The molecule has 4 aromatic rings. The molecule has 2 aromatic heterocycles. The minimum absolute atomic E-state index is 0.277. The van der Waals surface area contributed by atoms with Gasteiger partial charge in [0.15, 0.2) is 5.65 Å². The second-order valence-corrected chi connectivity index (χ2v) is 7.86. The fourth-order valence-corrected chi connectivity index (χ4v) is 3.93. The van der Waals surface area contributed by atoms with Crippen LogP contribution in [0.25, 0.3) is 16.9 Å². The molecular weight excluding hydrogens is 388 g/mol. The van der Waals surface area contributed by atoms with Crippen molar-refractivity contribution >= 4 is 11.6 Å². The van der Waals surface area contributed by atoms with Crippen molar-refractivity contribution in [1.29, 1.82) is 5.26 Å². The summed E-state index contributed by atoms with van der Waals surface area (Å²) in [4.78, 5) is 6.64. The van der Waals surface area contributed by atoms with E-state index in [-0.39, 0.29) is 5.95 Å². The van der Waals surface area contributed by atoms with E-state index >= 15 is 0 Å². The molecule has 1 aliphatic rings. The minimum atomic E-state index is 0.277. The predicted octanol–water partition coefficient (Wildman–Crippen LogP) is 3.36. The summed E-state index contributed by atoms with van der Waals surface area (Å²) in [7, 11) is 0. The van der Waals surface area contributed by atoms with Crippen LogP contribution in [0, 0.1) is 17.2 Å². The van der Waals surface area contributed by atoms with Crippen LogP contribution in [0.2, 0.25) is 0 Å². The molecule has 0 radical (unpaired) electrons. The van der Waals surface area contributed by atoms with E-state index < -0.39 is 0 Å². The first-order valence-corrected chi connectivity index (χ1v) is 10.2. The number of likely N-dealkylation sites (tertiary alicyclic amines) is 1. The normalized spacial score (nSPS) is 14.3. The molecule has 2 aromatic carbocycles. The number of fused-ring (bicyclic) bond motifs is 1. The Hall–Kier alpha value is -3.89. The first-order chi connectivity index (χ1) is 15.2. The molecule has 0 spiro atoms. The summed E-state index contributed by atoms with van der Waals surface area (Å²) in [6, 6.07) is 23.8. The quantitative estimate of drug-likeness (QED) is 0.524. The zero-order chi connectivity index (χ0) is 21.2. The van der Waals surface area contributed by atoms with Gasteiger partial charge in [0, 0.05) is 31.1 Å². The number of anilines is 1. The Kier molecular flexibility index (Phi) is 4.98. The van der Waals surface area contributed by atoms with Crippen LogP contribution in [-0.2, 0) is 6.54 Å². The first-order valence-electron chi connectivity index (χ1n) is 10.2. The van der Waals surface area contributed by atoms with Gasteiger partial charge in [-0.1, -0.05) is 30.3 Å². The molecule has 154 valence electrons. The van der Waals surface area contributed by atoms with Gasteiger partial charge in [0.25, 0.3) is 0 Å². The average molecular weight is 410 g/mol. The van der Waals surface area contributed by atoms with E-state index in [1.165, 1.54) is 5.56 Å². The summed E-state index contributed by atoms with van der Waals surface area (Å²) in [5.41, 5.74) is 10.5. The second-order valence-electron chi connectivity index (χ2n) is 7.86. The van der Waals surface area contributed by atoms with Crippen LogP contribution in [-0.4, -0.2) is 39.2 Å². The van der Waals surface area contributed by atoms with Crippen molar-refractivity contribution in [2.75, 3.05) is 25.4 Å². The molecule has 31 heavy (non-hydrogen) atoms. The fraction of sp³-hybridized carbons (Fsp3) is 0.208. The Morgan fingerprint density at radius 1 is 1.03 bits per heavy atom. The lowest BCUT2D eigenvalue weighted by atomic mass is 9.99. The average Bonchev–Trinajstić information content (AvgIpc) is 3.16. The maximum Gasteiger partial charge on any atom is 0.240 e. The van der Waals surface area contributed by atoms with Crippen LogP contribution < -0.4 is 10.5 Å². The van der Waals surface area contributed by atoms with Gasteiger partial charge in [-0.05, 0) is 42.0 Å². The third kappa shape index (κ3) is 4.06. The molecule has 3 heterocycles. The zero-order valence-corrected chi connectivity index (χ0v) is 17.0. The Morgan fingerprint density at radius 3 is 2.55 bits per heavy atom. The monoisotopic (exact) mass is 410 g/mol. The van der Waals surface area contributed by atoms with Crippen molar-refractivity contribution in [3.8, 4) is 23.1 Å². The summed E-state index contributed by atoms with van der Waals surface area (Å²) in [5, 5.41) is 13.1. The van der Waals surface area contributed by atoms with Crippen molar-refractivity contribution in [2.24, 2.45) is 5.92 Å². The number of ether oxygens (including phenoxy) is 1. The Labute approximate surface area is 180 Å². The third-order valence-electron chi connectivity index (χ3n) is 5.53. The minimum Gasteiger partial charge on any atom is -0.493 e. The van der Waals surface area contributed by atoms with E-state index in [4.69, 9.17) is 15.7 Å². The summed E-state index contributed by atoms with van der Waals surface area (Å²) in [6.45, 7) is 3.67. The van der Waals surface area contributed by atoms with Gasteiger partial charge < -0.3 is 10.5 Å². The van der Waals surface area contributed by atoms with Gasteiger partial charge in [-0.2, -0.15) is 10.2 Å². The maximum absolute atomic E-state index is 8.85. The van der Waals surface area contributed by atoms with Crippen LogP contribution in [0.1, 0.15) is 11.1 Å². The van der Waals surface area contributed by atoms with Gasteiger partial charge in [-0.3, -0.25) is 4.90 Å². The number of nitrogens with two attached hydrogens (primary N) is 1. The number of hydrogen-bond acceptors (Lipinski definition) is 6. The molecule has 5 rings (SSSR count). The third-order valence-corrected chi connectivity index (χ3v) is 5.53. The maximum atomic E-state index is 8.85. The lowest BCUT2D eigenvalue weighted by Gasteiger charge is -2.39. The van der Waals surface area contributed by atoms with Gasteiger partial charge in [0.05, 0.1) is 23.9 Å². The molecule has 7 heteroatoms. The zero-order valence-electron chi connectivity index (χ0n) is 17.0. The topological polar surface area (TPSA) is 92.5 Å². The molecule has 0 saturated carbocycles. The standard InChI is InChI=1S/C24H22N6O/c25-12-17-6-10-21(11-7-17)31-16-19-14-29(15-19)13-18-4-8-20(9-5-18)22-2-1-3-23-27-24(26)28-30(22)23/h1-11,19H,13-16H2,(H2,26,28). The van der Waals surface area contributed by atoms with Crippen molar-refractivity contribution in [3.63, 3.8) is 0 Å². The van der Waals surface area contributed by atoms with Gasteiger partial charge in [0.2, 0.25) is 5.95 Å². The number of pyridine rings is 1. The second kappa shape index (κ2) is 8.09. The van der Waals surface area contributed by atoms with E-state index in [1.54, 1.807) is 16.6 Å². The predicted molar refractivity (Wildman–Crippen MR) is 118 cm³/mol. The molecule has 0 bridgehead atoms. The van der Waals surface area contributed by atoms with Gasteiger partial charge in [-0.25, -0.2) is 4.52 Å². The molecule has 0 unspecified atom stereocenters. The van der Waals surface area contributed by atoms with Gasteiger partial charge in [0.1, 0.15) is 5.75 Å². The number of aromatic nitrogens is 3. The lowest BCUT2D eigenvalue weighted by Crippen LogP contribution is -2.48.